The number of hydrogen-bond acceptors (Lipinski definition) is 3. The lowest BCUT2D eigenvalue weighted by Gasteiger charge is -2.32. The van der Waals surface area contributed by atoms with Crippen LogP contribution < -0.4 is 0 Å². The maximum atomic E-state index is 14.0. The fourth-order valence-corrected chi connectivity index (χ4v) is 6.44. The summed E-state index contributed by atoms with van der Waals surface area (Å²) in [6.07, 6.45) is 2.11. The number of likely N-dealkylation sites (tertiary alicyclic amines) is 1. The molecule has 6 aromatic rings. The van der Waals surface area contributed by atoms with Gasteiger partial charge in [-0.2, -0.15) is 5.10 Å². The fourth-order valence-electron chi connectivity index (χ4n) is 6.44. The van der Waals surface area contributed by atoms with Gasteiger partial charge < -0.3 is 4.57 Å². The van der Waals surface area contributed by atoms with Crippen LogP contribution >= 0.6 is 0 Å². The van der Waals surface area contributed by atoms with Crippen molar-refractivity contribution in [2.24, 2.45) is 7.05 Å². The average molecular weight is 544 g/mol. The standard InChI is InChI=1S/C35H34FN5/c1-24-8-3-4-11-29(24)34-30-15-14-26(21-33(30)39(2)38-34)22-40-18-16-27(17-19-40)35-37-31-12-5-6-13-32(31)41(35)23-25-9-7-10-28(36)20-25/h3-15,20-21,27H,16-19,22-23H2,1-2H3. The van der Waals surface area contributed by atoms with Crippen LogP contribution in [0.25, 0.3) is 33.2 Å². The van der Waals surface area contributed by atoms with Crippen molar-refractivity contribution in [2.75, 3.05) is 13.1 Å². The maximum absolute atomic E-state index is 14.0. The zero-order chi connectivity index (χ0) is 27.9. The van der Waals surface area contributed by atoms with Crippen molar-refractivity contribution in [1.82, 2.24) is 24.2 Å². The lowest BCUT2D eigenvalue weighted by atomic mass is 9.95. The number of halogens is 1. The molecule has 0 aliphatic carbocycles. The topological polar surface area (TPSA) is 38.9 Å². The van der Waals surface area contributed by atoms with Crippen molar-refractivity contribution in [3.63, 3.8) is 0 Å². The molecule has 0 N–H and O–H groups in total. The first kappa shape index (κ1) is 25.7. The van der Waals surface area contributed by atoms with E-state index in [0.717, 1.165) is 60.6 Å². The summed E-state index contributed by atoms with van der Waals surface area (Å²) in [5.41, 5.74) is 9.05. The first-order valence-corrected chi connectivity index (χ1v) is 14.5. The highest BCUT2D eigenvalue weighted by molar-refractivity contribution is 5.94. The summed E-state index contributed by atoms with van der Waals surface area (Å²) in [5.74, 6) is 1.30. The second-order valence-electron chi connectivity index (χ2n) is 11.4. The third kappa shape index (κ3) is 4.93. The predicted octanol–water partition coefficient (Wildman–Crippen LogP) is 7.47. The first-order chi connectivity index (χ1) is 20.0. The van der Waals surface area contributed by atoms with E-state index in [1.807, 2.05) is 23.9 Å². The SMILES string of the molecule is Cc1ccccc1-c1nn(C)c2cc(CN3CCC(c4nc5ccccc5n4Cc4cccc(F)c4)CC3)ccc12. The zero-order valence-electron chi connectivity index (χ0n) is 23.6. The molecule has 1 saturated heterocycles. The van der Waals surface area contributed by atoms with Gasteiger partial charge in [0.25, 0.3) is 0 Å². The molecule has 3 heterocycles. The molecule has 0 bridgehead atoms. The van der Waals surface area contributed by atoms with Crippen LogP contribution in [0.5, 0.6) is 0 Å². The summed E-state index contributed by atoms with van der Waals surface area (Å²) in [4.78, 5) is 7.63. The molecule has 2 aromatic heterocycles. The average Bonchev–Trinajstić information content (AvgIpc) is 3.51. The van der Waals surface area contributed by atoms with E-state index in [2.05, 4.69) is 77.1 Å². The number of piperidine rings is 1. The highest BCUT2D eigenvalue weighted by atomic mass is 19.1. The molecule has 1 aliphatic heterocycles. The second-order valence-corrected chi connectivity index (χ2v) is 11.4. The summed E-state index contributed by atoms with van der Waals surface area (Å²) in [5, 5.41) is 6.08. The molecule has 0 amide bonds. The number of nitrogens with zero attached hydrogens (tertiary/aromatic N) is 5. The van der Waals surface area contributed by atoms with E-state index in [1.165, 1.54) is 33.7 Å². The number of aryl methyl sites for hydroxylation is 2. The van der Waals surface area contributed by atoms with Gasteiger partial charge in [-0.1, -0.05) is 60.7 Å². The van der Waals surface area contributed by atoms with Gasteiger partial charge in [0.05, 0.1) is 16.6 Å². The molecule has 7 rings (SSSR count). The Hall–Kier alpha value is -4.29. The fraction of sp³-hybridized carbons (Fsp3) is 0.257. The van der Waals surface area contributed by atoms with Crippen LogP contribution in [0.3, 0.4) is 0 Å². The molecular weight excluding hydrogens is 509 g/mol. The normalized spacial score (nSPS) is 14.8. The monoisotopic (exact) mass is 543 g/mol. The summed E-state index contributed by atoms with van der Waals surface area (Å²) in [6, 6.07) is 30.5. The summed E-state index contributed by atoms with van der Waals surface area (Å²) in [7, 11) is 2.04. The van der Waals surface area contributed by atoms with E-state index < -0.39 is 0 Å². The van der Waals surface area contributed by atoms with Crippen LogP contribution in [0.1, 0.15) is 41.3 Å². The largest absolute Gasteiger partial charge is 0.323 e. The number of fused-ring (bicyclic) bond motifs is 2. The van der Waals surface area contributed by atoms with E-state index in [1.54, 1.807) is 12.1 Å². The number of para-hydroxylation sites is 2. The Morgan fingerprint density at radius 3 is 2.41 bits per heavy atom. The highest BCUT2D eigenvalue weighted by Gasteiger charge is 2.26. The van der Waals surface area contributed by atoms with Gasteiger partial charge >= 0.3 is 0 Å². The lowest BCUT2D eigenvalue weighted by molar-refractivity contribution is 0.200. The molecular formula is C35H34FN5. The predicted molar refractivity (Wildman–Crippen MR) is 163 cm³/mol. The van der Waals surface area contributed by atoms with E-state index in [0.29, 0.717) is 12.5 Å². The highest BCUT2D eigenvalue weighted by Crippen LogP contribution is 2.33. The second kappa shape index (κ2) is 10.6. The molecule has 4 aromatic carbocycles. The Balaban J connectivity index is 1.09. The van der Waals surface area contributed by atoms with E-state index in [9.17, 15) is 4.39 Å². The number of imidazole rings is 1. The smallest absolute Gasteiger partial charge is 0.123 e. The number of benzene rings is 4. The minimum atomic E-state index is -0.197. The third-order valence-corrected chi connectivity index (χ3v) is 8.59. The van der Waals surface area contributed by atoms with Gasteiger partial charge in [-0.05, 0) is 79.9 Å². The van der Waals surface area contributed by atoms with Gasteiger partial charge in [0.15, 0.2) is 0 Å². The number of aromatic nitrogens is 4. The van der Waals surface area contributed by atoms with Crippen LogP contribution in [-0.2, 0) is 20.1 Å². The van der Waals surface area contributed by atoms with E-state index in [-0.39, 0.29) is 5.82 Å². The third-order valence-electron chi connectivity index (χ3n) is 8.59. The van der Waals surface area contributed by atoms with Crippen LogP contribution in [0.2, 0.25) is 0 Å². The number of rotatable bonds is 6. The van der Waals surface area contributed by atoms with Gasteiger partial charge in [-0.15, -0.1) is 0 Å². The number of hydrogen-bond donors (Lipinski definition) is 0. The molecule has 41 heavy (non-hydrogen) atoms. The molecule has 0 atom stereocenters. The van der Waals surface area contributed by atoms with Gasteiger partial charge in [0.1, 0.15) is 17.3 Å². The Labute approximate surface area is 239 Å². The Morgan fingerprint density at radius 1 is 0.805 bits per heavy atom. The van der Waals surface area contributed by atoms with Crippen LogP contribution in [-0.4, -0.2) is 37.3 Å². The molecule has 1 aliphatic rings. The van der Waals surface area contributed by atoms with Crippen molar-refractivity contribution >= 4 is 21.9 Å². The summed E-state index contributed by atoms with van der Waals surface area (Å²) < 4.78 is 18.3. The molecule has 0 unspecified atom stereocenters. The molecule has 206 valence electrons. The molecule has 0 saturated carbocycles. The molecule has 5 nitrogen and oxygen atoms in total. The molecule has 0 radical (unpaired) electrons. The van der Waals surface area contributed by atoms with Crippen molar-refractivity contribution in [3.05, 3.63) is 119 Å². The van der Waals surface area contributed by atoms with E-state index in [4.69, 9.17) is 10.1 Å². The minimum Gasteiger partial charge on any atom is -0.323 e. The molecule has 0 spiro atoms. The Kier molecular flexibility index (Phi) is 6.63. The van der Waals surface area contributed by atoms with Crippen molar-refractivity contribution < 1.29 is 4.39 Å². The first-order valence-electron chi connectivity index (χ1n) is 14.5. The van der Waals surface area contributed by atoms with Gasteiger partial charge in [-0.3, -0.25) is 9.58 Å². The van der Waals surface area contributed by atoms with Crippen LogP contribution in [0, 0.1) is 12.7 Å². The van der Waals surface area contributed by atoms with Crippen LogP contribution in [0.15, 0.2) is 91.0 Å². The summed E-state index contributed by atoms with van der Waals surface area (Å²) >= 11 is 0. The van der Waals surface area contributed by atoms with Crippen molar-refractivity contribution in [3.8, 4) is 11.3 Å². The van der Waals surface area contributed by atoms with Crippen molar-refractivity contribution in [1.29, 1.82) is 0 Å². The van der Waals surface area contributed by atoms with Gasteiger partial charge in [0.2, 0.25) is 0 Å². The summed E-state index contributed by atoms with van der Waals surface area (Å²) in [6.45, 7) is 5.73. The van der Waals surface area contributed by atoms with Crippen LogP contribution in [0.4, 0.5) is 4.39 Å². The van der Waals surface area contributed by atoms with E-state index >= 15 is 0 Å². The van der Waals surface area contributed by atoms with Crippen molar-refractivity contribution in [2.45, 2.75) is 38.8 Å². The van der Waals surface area contributed by atoms with Gasteiger partial charge in [-0.25, -0.2) is 9.37 Å². The molecule has 6 heteroatoms. The van der Waals surface area contributed by atoms with Gasteiger partial charge in [0, 0.05) is 37.0 Å². The molecule has 1 fully saturated rings. The Morgan fingerprint density at radius 2 is 1.59 bits per heavy atom. The quantitative estimate of drug-likeness (QED) is 0.219. The minimum absolute atomic E-state index is 0.197. The zero-order valence-corrected chi connectivity index (χ0v) is 23.6. The Bertz CT molecular complexity index is 1860. The lowest BCUT2D eigenvalue weighted by Crippen LogP contribution is -2.33. The maximum Gasteiger partial charge on any atom is 0.123 e.